The van der Waals surface area contributed by atoms with Gasteiger partial charge in [0.05, 0.1) is 0 Å². The van der Waals surface area contributed by atoms with Gasteiger partial charge in [0.15, 0.2) is 11.5 Å². The van der Waals surface area contributed by atoms with Crippen LogP contribution in [0.5, 0.6) is 11.5 Å². The van der Waals surface area contributed by atoms with Gasteiger partial charge in [-0.15, -0.1) is 0 Å². The van der Waals surface area contributed by atoms with E-state index in [1.807, 2.05) is 6.07 Å². The number of para-hydroxylation sites is 1. The van der Waals surface area contributed by atoms with Crippen molar-refractivity contribution in [1.82, 2.24) is 0 Å². The van der Waals surface area contributed by atoms with Crippen molar-refractivity contribution < 1.29 is 19.0 Å². The van der Waals surface area contributed by atoms with Crippen LogP contribution >= 0.6 is 0 Å². The third kappa shape index (κ3) is 2.67. The van der Waals surface area contributed by atoms with E-state index in [2.05, 4.69) is 0 Å². The van der Waals surface area contributed by atoms with Crippen LogP contribution in [-0.4, -0.2) is 25.3 Å². The summed E-state index contributed by atoms with van der Waals surface area (Å²) >= 11 is 0. The highest BCUT2D eigenvalue weighted by molar-refractivity contribution is 5.93. The van der Waals surface area contributed by atoms with Crippen molar-refractivity contribution in [3.8, 4) is 11.5 Å². The Morgan fingerprint density at radius 2 is 1.89 bits per heavy atom. The quantitative estimate of drug-likeness (QED) is 0.769. The maximum atomic E-state index is 12.2. The fraction of sp³-hybridized carbons (Fsp3) is 0.533. The Labute approximate surface area is 112 Å². The summed E-state index contributed by atoms with van der Waals surface area (Å²) in [4.78, 5) is 12.2. The van der Waals surface area contributed by atoms with E-state index in [-0.39, 0.29) is 12.1 Å². The molecule has 4 heteroatoms. The van der Waals surface area contributed by atoms with Crippen LogP contribution in [0.2, 0.25) is 0 Å². The van der Waals surface area contributed by atoms with Gasteiger partial charge in [-0.25, -0.2) is 4.79 Å². The van der Waals surface area contributed by atoms with Crippen molar-refractivity contribution in [2.75, 3.05) is 13.2 Å². The monoisotopic (exact) mass is 262 g/mol. The first-order valence-corrected chi connectivity index (χ1v) is 6.94. The summed E-state index contributed by atoms with van der Waals surface area (Å²) in [6.45, 7) is 0.995. The summed E-state index contributed by atoms with van der Waals surface area (Å²) in [5.74, 6) is 0.855. The number of hydrogen-bond acceptors (Lipinski definition) is 4. The van der Waals surface area contributed by atoms with Crippen LogP contribution in [0.1, 0.15) is 42.5 Å². The smallest absolute Gasteiger partial charge is 0.342 e. The number of carbonyl (C=O) groups excluding carboxylic acids is 1. The third-order valence-electron chi connectivity index (χ3n) is 3.61. The lowest BCUT2D eigenvalue weighted by atomic mass is 9.98. The first kappa shape index (κ1) is 12.3. The van der Waals surface area contributed by atoms with Gasteiger partial charge in [0.25, 0.3) is 0 Å². The molecule has 0 bridgehead atoms. The molecule has 0 saturated heterocycles. The molecule has 0 aromatic heterocycles. The summed E-state index contributed by atoms with van der Waals surface area (Å²) in [7, 11) is 0. The molecule has 1 aromatic carbocycles. The molecule has 4 nitrogen and oxygen atoms in total. The van der Waals surface area contributed by atoms with Crippen molar-refractivity contribution in [2.24, 2.45) is 0 Å². The number of esters is 1. The lowest BCUT2D eigenvalue weighted by molar-refractivity contribution is 0.0203. The summed E-state index contributed by atoms with van der Waals surface area (Å²) in [6.07, 6.45) is 5.53. The predicted molar refractivity (Wildman–Crippen MR) is 69.7 cm³/mol. The molecule has 0 atom stereocenters. The maximum Gasteiger partial charge on any atom is 0.342 e. The minimum atomic E-state index is -0.297. The molecule has 1 heterocycles. The summed E-state index contributed by atoms with van der Waals surface area (Å²) in [6, 6.07) is 5.34. The Hall–Kier alpha value is -1.71. The molecule has 1 aliphatic heterocycles. The molecule has 0 amide bonds. The lowest BCUT2D eigenvalue weighted by Crippen LogP contribution is -2.23. The molecular formula is C15H18O4. The van der Waals surface area contributed by atoms with Crippen LogP contribution in [0.3, 0.4) is 0 Å². The molecule has 0 spiro atoms. The van der Waals surface area contributed by atoms with E-state index < -0.39 is 0 Å². The van der Waals surface area contributed by atoms with Crippen LogP contribution in [0.25, 0.3) is 0 Å². The van der Waals surface area contributed by atoms with E-state index in [0.717, 1.165) is 25.7 Å². The minimum Gasteiger partial charge on any atom is -0.486 e. The highest BCUT2D eigenvalue weighted by atomic mass is 16.6. The first-order valence-electron chi connectivity index (χ1n) is 6.94. The van der Waals surface area contributed by atoms with Crippen LogP contribution in [0, 0.1) is 0 Å². The summed E-state index contributed by atoms with van der Waals surface area (Å²) < 4.78 is 16.6. The molecule has 0 radical (unpaired) electrons. The maximum absolute atomic E-state index is 12.2. The van der Waals surface area contributed by atoms with Gasteiger partial charge in [0, 0.05) is 0 Å². The normalized spacial score (nSPS) is 18.9. The zero-order valence-corrected chi connectivity index (χ0v) is 10.9. The predicted octanol–water partition coefficient (Wildman–Crippen LogP) is 2.95. The number of benzene rings is 1. The molecule has 19 heavy (non-hydrogen) atoms. The van der Waals surface area contributed by atoms with E-state index in [9.17, 15) is 4.79 Å². The van der Waals surface area contributed by atoms with Crippen LogP contribution in [0.4, 0.5) is 0 Å². The summed E-state index contributed by atoms with van der Waals surface area (Å²) in [5, 5.41) is 0. The average Bonchev–Trinajstić information content (AvgIpc) is 2.47. The van der Waals surface area contributed by atoms with Crippen molar-refractivity contribution in [1.29, 1.82) is 0 Å². The van der Waals surface area contributed by atoms with Crippen molar-refractivity contribution in [2.45, 2.75) is 38.2 Å². The molecule has 1 aromatic rings. The number of hydrogen-bond donors (Lipinski definition) is 0. The van der Waals surface area contributed by atoms with Gasteiger partial charge in [-0.2, -0.15) is 0 Å². The van der Waals surface area contributed by atoms with Gasteiger partial charge < -0.3 is 14.2 Å². The molecule has 1 aliphatic carbocycles. The van der Waals surface area contributed by atoms with Crippen molar-refractivity contribution in [3.63, 3.8) is 0 Å². The van der Waals surface area contributed by atoms with Crippen LogP contribution < -0.4 is 9.47 Å². The zero-order chi connectivity index (χ0) is 13.1. The number of carbonyl (C=O) groups is 1. The Bertz CT molecular complexity index is 463. The topological polar surface area (TPSA) is 44.8 Å². The molecule has 0 unspecified atom stereocenters. The Balaban J connectivity index is 1.75. The highest BCUT2D eigenvalue weighted by Crippen LogP contribution is 2.34. The third-order valence-corrected chi connectivity index (χ3v) is 3.61. The summed E-state index contributed by atoms with van der Waals surface area (Å²) in [5.41, 5.74) is 0.475. The molecule has 1 saturated carbocycles. The van der Waals surface area contributed by atoms with E-state index in [1.54, 1.807) is 12.1 Å². The van der Waals surface area contributed by atoms with Crippen LogP contribution in [0.15, 0.2) is 18.2 Å². The van der Waals surface area contributed by atoms with Gasteiger partial charge in [-0.05, 0) is 37.8 Å². The van der Waals surface area contributed by atoms with Crippen LogP contribution in [-0.2, 0) is 4.74 Å². The molecule has 0 N–H and O–H groups in total. The van der Waals surface area contributed by atoms with E-state index in [1.165, 1.54) is 6.42 Å². The second-order valence-electron chi connectivity index (χ2n) is 5.00. The second-order valence-corrected chi connectivity index (χ2v) is 5.00. The molecule has 3 rings (SSSR count). The van der Waals surface area contributed by atoms with Gasteiger partial charge in [-0.1, -0.05) is 12.5 Å². The number of rotatable bonds is 2. The fourth-order valence-electron chi connectivity index (χ4n) is 2.63. The largest absolute Gasteiger partial charge is 0.486 e. The van der Waals surface area contributed by atoms with Crippen molar-refractivity contribution >= 4 is 5.97 Å². The van der Waals surface area contributed by atoms with E-state index >= 15 is 0 Å². The highest BCUT2D eigenvalue weighted by Gasteiger charge is 2.24. The van der Waals surface area contributed by atoms with E-state index in [4.69, 9.17) is 14.2 Å². The number of fused-ring (bicyclic) bond motifs is 1. The van der Waals surface area contributed by atoms with Gasteiger partial charge in [-0.3, -0.25) is 0 Å². The van der Waals surface area contributed by atoms with E-state index in [0.29, 0.717) is 30.3 Å². The minimum absolute atomic E-state index is 0.0571. The fourth-order valence-corrected chi connectivity index (χ4v) is 2.63. The van der Waals surface area contributed by atoms with Gasteiger partial charge in [0.1, 0.15) is 24.9 Å². The molecular weight excluding hydrogens is 244 g/mol. The van der Waals surface area contributed by atoms with Crippen molar-refractivity contribution in [3.05, 3.63) is 23.8 Å². The number of ether oxygens (including phenoxy) is 3. The second kappa shape index (κ2) is 5.51. The SMILES string of the molecule is O=C(OC1CCCCC1)c1cccc2c1OCCO2. The Morgan fingerprint density at radius 3 is 2.74 bits per heavy atom. The zero-order valence-electron chi connectivity index (χ0n) is 10.9. The standard InChI is InChI=1S/C15H18O4/c16-15(19-11-5-2-1-3-6-11)12-7-4-8-13-14(12)18-10-9-17-13/h4,7-8,11H,1-3,5-6,9-10H2. The Morgan fingerprint density at radius 1 is 1.11 bits per heavy atom. The molecule has 2 aliphatic rings. The molecule has 1 fully saturated rings. The Kier molecular flexibility index (Phi) is 3.58. The van der Waals surface area contributed by atoms with Gasteiger partial charge in [0.2, 0.25) is 0 Å². The van der Waals surface area contributed by atoms with Gasteiger partial charge >= 0.3 is 5.97 Å². The lowest BCUT2D eigenvalue weighted by Gasteiger charge is -2.24. The average molecular weight is 262 g/mol. The molecule has 102 valence electrons. The first-order chi connectivity index (χ1) is 9.34.